The van der Waals surface area contributed by atoms with Gasteiger partial charge in [-0.25, -0.2) is 0 Å². The smallest absolute Gasteiger partial charge is 0.0672 e. The second-order valence-corrected chi connectivity index (χ2v) is 6.59. The Bertz CT molecular complexity index is 591. The highest BCUT2D eigenvalue weighted by Gasteiger charge is 2.15. The van der Waals surface area contributed by atoms with Crippen LogP contribution in [0, 0.1) is 6.92 Å². The zero-order valence-electron chi connectivity index (χ0n) is 12.5. The first-order valence-electron chi connectivity index (χ1n) is 6.78. The quantitative estimate of drug-likeness (QED) is 0.895. The van der Waals surface area contributed by atoms with Crippen LogP contribution < -0.4 is 5.32 Å². The molecular weight excluding hydrogens is 256 g/mol. The SMILES string of the molecule is Cc1c(CCNC(C)(C)C)c2cccc(Cl)c2n1C. The molecule has 19 heavy (non-hydrogen) atoms. The maximum atomic E-state index is 6.32. The average Bonchev–Trinajstić information content (AvgIpc) is 2.54. The van der Waals surface area contributed by atoms with Crippen molar-refractivity contribution in [1.29, 1.82) is 0 Å². The number of fused-ring (bicyclic) bond motifs is 1. The van der Waals surface area contributed by atoms with Gasteiger partial charge < -0.3 is 9.88 Å². The molecule has 1 aromatic heterocycles. The number of aromatic nitrogens is 1. The Morgan fingerprint density at radius 2 is 1.95 bits per heavy atom. The second-order valence-electron chi connectivity index (χ2n) is 6.19. The van der Waals surface area contributed by atoms with E-state index in [4.69, 9.17) is 11.6 Å². The highest BCUT2D eigenvalue weighted by atomic mass is 35.5. The van der Waals surface area contributed by atoms with E-state index in [-0.39, 0.29) is 5.54 Å². The molecule has 2 nitrogen and oxygen atoms in total. The Hall–Kier alpha value is -0.990. The first-order chi connectivity index (χ1) is 8.81. The maximum absolute atomic E-state index is 6.32. The zero-order chi connectivity index (χ0) is 14.2. The van der Waals surface area contributed by atoms with Crippen LogP contribution in [-0.4, -0.2) is 16.7 Å². The fraction of sp³-hybridized carbons (Fsp3) is 0.500. The fourth-order valence-corrected chi connectivity index (χ4v) is 2.84. The summed E-state index contributed by atoms with van der Waals surface area (Å²) in [6.07, 6.45) is 1.03. The number of halogens is 1. The van der Waals surface area contributed by atoms with Crippen LogP contribution in [0.2, 0.25) is 5.02 Å². The zero-order valence-corrected chi connectivity index (χ0v) is 13.2. The van der Waals surface area contributed by atoms with Gasteiger partial charge in [0.2, 0.25) is 0 Å². The van der Waals surface area contributed by atoms with Crippen molar-refractivity contribution in [3.05, 3.63) is 34.5 Å². The van der Waals surface area contributed by atoms with Gasteiger partial charge in [-0.15, -0.1) is 0 Å². The minimum Gasteiger partial charge on any atom is -0.346 e. The van der Waals surface area contributed by atoms with Gasteiger partial charge in [0.05, 0.1) is 10.5 Å². The molecule has 3 heteroatoms. The Labute approximate surface area is 120 Å². The van der Waals surface area contributed by atoms with Crippen LogP contribution in [0.3, 0.4) is 0 Å². The summed E-state index contributed by atoms with van der Waals surface area (Å²) in [5.74, 6) is 0. The van der Waals surface area contributed by atoms with E-state index in [2.05, 4.69) is 50.7 Å². The molecule has 104 valence electrons. The molecule has 0 unspecified atom stereocenters. The third kappa shape index (κ3) is 2.96. The van der Waals surface area contributed by atoms with E-state index in [1.807, 2.05) is 12.1 Å². The Kier molecular flexibility index (Phi) is 3.93. The van der Waals surface area contributed by atoms with Gasteiger partial charge in [-0.3, -0.25) is 0 Å². The van der Waals surface area contributed by atoms with Crippen molar-refractivity contribution < 1.29 is 0 Å². The van der Waals surface area contributed by atoms with Crippen molar-refractivity contribution in [3.8, 4) is 0 Å². The molecule has 0 spiro atoms. The summed E-state index contributed by atoms with van der Waals surface area (Å²) in [5, 5.41) is 5.66. The molecule has 0 saturated heterocycles. The Morgan fingerprint density at radius 1 is 1.26 bits per heavy atom. The summed E-state index contributed by atoms with van der Waals surface area (Å²) < 4.78 is 2.20. The molecule has 0 aliphatic carbocycles. The van der Waals surface area contributed by atoms with E-state index in [9.17, 15) is 0 Å². The molecule has 0 amide bonds. The van der Waals surface area contributed by atoms with Gasteiger partial charge in [-0.05, 0) is 52.3 Å². The van der Waals surface area contributed by atoms with E-state index in [0.29, 0.717) is 0 Å². The van der Waals surface area contributed by atoms with Crippen LogP contribution in [0.4, 0.5) is 0 Å². The van der Waals surface area contributed by atoms with Crippen molar-refractivity contribution in [1.82, 2.24) is 9.88 Å². The van der Waals surface area contributed by atoms with E-state index in [1.54, 1.807) is 0 Å². The molecule has 0 saturated carbocycles. The van der Waals surface area contributed by atoms with Gasteiger partial charge in [0, 0.05) is 23.7 Å². The summed E-state index contributed by atoms with van der Waals surface area (Å²) in [6, 6.07) is 6.16. The number of nitrogens with zero attached hydrogens (tertiary/aromatic N) is 1. The molecule has 2 aromatic rings. The van der Waals surface area contributed by atoms with Crippen molar-refractivity contribution in [2.24, 2.45) is 7.05 Å². The molecule has 0 bridgehead atoms. The van der Waals surface area contributed by atoms with Gasteiger partial charge in [0.15, 0.2) is 0 Å². The van der Waals surface area contributed by atoms with Crippen molar-refractivity contribution >= 4 is 22.5 Å². The molecule has 0 fully saturated rings. The summed E-state index contributed by atoms with van der Waals surface area (Å²) >= 11 is 6.32. The number of hydrogen-bond acceptors (Lipinski definition) is 1. The lowest BCUT2D eigenvalue weighted by Crippen LogP contribution is -2.37. The monoisotopic (exact) mass is 278 g/mol. The van der Waals surface area contributed by atoms with Gasteiger partial charge in [-0.2, -0.15) is 0 Å². The number of benzene rings is 1. The van der Waals surface area contributed by atoms with Crippen LogP contribution in [0.15, 0.2) is 18.2 Å². The Balaban J connectivity index is 2.33. The maximum Gasteiger partial charge on any atom is 0.0672 e. The lowest BCUT2D eigenvalue weighted by atomic mass is 10.1. The normalized spacial score (nSPS) is 12.3. The second kappa shape index (κ2) is 5.18. The van der Waals surface area contributed by atoms with Crippen LogP contribution in [0.25, 0.3) is 10.9 Å². The van der Waals surface area contributed by atoms with Gasteiger partial charge in [0.25, 0.3) is 0 Å². The highest BCUT2D eigenvalue weighted by molar-refractivity contribution is 6.35. The topological polar surface area (TPSA) is 17.0 Å². The van der Waals surface area contributed by atoms with E-state index in [0.717, 1.165) is 23.5 Å². The third-order valence-corrected chi connectivity index (χ3v) is 3.92. The molecular formula is C16H23ClN2. The van der Waals surface area contributed by atoms with Crippen LogP contribution in [0.5, 0.6) is 0 Å². The minimum absolute atomic E-state index is 0.163. The summed E-state index contributed by atoms with van der Waals surface area (Å²) in [6.45, 7) is 9.73. The molecule has 1 heterocycles. The van der Waals surface area contributed by atoms with Gasteiger partial charge in [-0.1, -0.05) is 23.7 Å². The predicted molar refractivity (Wildman–Crippen MR) is 84.1 cm³/mol. The van der Waals surface area contributed by atoms with Crippen LogP contribution >= 0.6 is 11.6 Å². The lowest BCUT2D eigenvalue weighted by molar-refractivity contribution is 0.429. The molecule has 0 aliphatic heterocycles. The minimum atomic E-state index is 0.163. The largest absolute Gasteiger partial charge is 0.346 e. The number of aryl methyl sites for hydroxylation is 1. The molecule has 2 rings (SSSR count). The summed E-state index contributed by atoms with van der Waals surface area (Å²) in [7, 11) is 2.09. The summed E-state index contributed by atoms with van der Waals surface area (Å²) in [4.78, 5) is 0. The van der Waals surface area contributed by atoms with Crippen molar-refractivity contribution in [2.75, 3.05) is 6.54 Å². The third-order valence-electron chi connectivity index (χ3n) is 3.62. The molecule has 0 atom stereocenters. The standard InChI is InChI=1S/C16H23ClN2/c1-11-12(9-10-18-16(2,3)4)13-7-6-8-14(17)15(13)19(11)5/h6-8,18H,9-10H2,1-5H3. The first-order valence-corrected chi connectivity index (χ1v) is 7.16. The average molecular weight is 279 g/mol. The molecule has 0 aliphatic rings. The predicted octanol–water partition coefficient (Wildman–Crippen LogP) is 4.07. The fourth-order valence-electron chi connectivity index (χ4n) is 2.54. The number of nitrogens with one attached hydrogen (secondary N) is 1. The van der Waals surface area contributed by atoms with E-state index >= 15 is 0 Å². The van der Waals surface area contributed by atoms with Crippen molar-refractivity contribution in [3.63, 3.8) is 0 Å². The van der Waals surface area contributed by atoms with Crippen molar-refractivity contribution in [2.45, 2.75) is 39.7 Å². The van der Waals surface area contributed by atoms with E-state index in [1.165, 1.54) is 16.6 Å². The molecule has 1 aromatic carbocycles. The summed E-state index contributed by atoms with van der Waals surface area (Å²) in [5.41, 5.74) is 4.01. The van der Waals surface area contributed by atoms with Gasteiger partial charge >= 0.3 is 0 Å². The highest BCUT2D eigenvalue weighted by Crippen LogP contribution is 2.30. The number of rotatable bonds is 3. The molecule has 1 N–H and O–H groups in total. The Morgan fingerprint density at radius 3 is 2.58 bits per heavy atom. The lowest BCUT2D eigenvalue weighted by Gasteiger charge is -2.20. The number of para-hydroxylation sites is 1. The molecule has 0 radical (unpaired) electrons. The van der Waals surface area contributed by atoms with Gasteiger partial charge in [0.1, 0.15) is 0 Å². The van der Waals surface area contributed by atoms with Crippen LogP contribution in [0.1, 0.15) is 32.0 Å². The van der Waals surface area contributed by atoms with Crippen LogP contribution in [-0.2, 0) is 13.5 Å². The number of hydrogen-bond donors (Lipinski definition) is 1. The van der Waals surface area contributed by atoms with E-state index < -0.39 is 0 Å². The first kappa shape index (κ1) is 14.4.